The van der Waals surface area contributed by atoms with E-state index < -0.39 is 0 Å². The monoisotopic (exact) mass is 1560 g/mol. The number of anilines is 2. The van der Waals surface area contributed by atoms with Gasteiger partial charge in [0.05, 0.1) is 10.8 Å². The van der Waals surface area contributed by atoms with E-state index in [1.54, 1.807) is 0 Å². The Morgan fingerprint density at radius 3 is 1.22 bits per heavy atom. The van der Waals surface area contributed by atoms with Gasteiger partial charge in [-0.25, -0.2) is 0 Å². The lowest BCUT2D eigenvalue weighted by Crippen LogP contribution is -3.00. The molecule has 0 fully saturated rings. The molecule has 10 rings (SSSR count). The van der Waals surface area contributed by atoms with Crippen LogP contribution in [0, 0.1) is 0 Å². The second kappa shape index (κ2) is 42.6. The quantitative estimate of drug-likeness (QED) is 0.0526. The van der Waals surface area contributed by atoms with Crippen molar-refractivity contribution in [1.82, 2.24) is 0 Å². The number of rotatable bonds is 20. The molecular formula is C88H131ClI2N4O2. The van der Waals surface area contributed by atoms with Crippen molar-refractivity contribution in [1.29, 1.82) is 0 Å². The molecule has 2 N–H and O–H groups in total. The molecule has 2 aliphatic carbocycles. The van der Waals surface area contributed by atoms with Crippen LogP contribution in [0.4, 0.5) is 22.7 Å². The molecule has 0 bridgehead atoms. The molecule has 97 heavy (non-hydrogen) atoms. The minimum Gasteiger partial charge on any atom is -1.00 e. The van der Waals surface area contributed by atoms with Crippen LogP contribution in [-0.2, 0) is 21.7 Å². The fourth-order valence-corrected chi connectivity index (χ4v) is 14.9. The van der Waals surface area contributed by atoms with E-state index in [4.69, 9.17) is 16.7 Å². The molecule has 0 saturated carbocycles. The number of nitrogens with zero attached hydrogens (tertiary/aromatic N) is 4. The van der Waals surface area contributed by atoms with E-state index in [1.807, 2.05) is 0 Å². The minimum absolute atomic E-state index is 0. The number of hydrogen-bond donors (Lipinski definition) is 2. The van der Waals surface area contributed by atoms with Crippen molar-refractivity contribution in [3.63, 3.8) is 0 Å². The minimum atomic E-state index is -0.0289. The summed E-state index contributed by atoms with van der Waals surface area (Å²) in [5.74, 6) is 0. The topological polar surface area (TPSA) is 53.0 Å². The number of aliphatic hydroxyl groups excluding tert-OH is 2. The number of hydrogen-bond acceptors (Lipinski definition) is 4. The Morgan fingerprint density at radius 1 is 0.433 bits per heavy atom. The zero-order chi connectivity index (χ0) is 67.9. The molecule has 536 valence electrons. The third-order valence-electron chi connectivity index (χ3n) is 19.2. The smallest absolute Gasteiger partial charge is 0.209 e. The van der Waals surface area contributed by atoms with Gasteiger partial charge >= 0.3 is 0 Å². The Kier molecular flexibility index (Phi) is 38.9. The molecule has 0 unspecified atom stereocenters. The molecule has 4 aliphatic heterocycles. The van der Waals surface area contributed by atoms with Crippen molar-refractivity contribution >= 4 is 45.8 Å². The molecule has 0 atom stereocenters. The van der Waals surface area contributed by atoms with Crippen LogP contribution < -0.4 is 57.8 Å². The van der Waals surface area contributed by atoms with E-state index >= 15 is 0 Å². The van der Waals surface area contributed by atoms with Crippen molar-refractivity contribution in [3.8, 4) is 0 Å². The molecule has 6 aliphatic rings. The number of aliphatic hydroxyl groups is 2. The number of para-hydroxylation sites is 4. The standard InChI is InChI=1S/C40H53N2O.C36H44ClN2.C4H10O.2C3H8.2CH4.2HI/c1-7-27-41-35-21-11-9-19-33(35)39(3,4)37(41)25-23-30-16-15-17-31(32(30)18-13-14-29-43)24-26-38-40(5,6)34-20-10-12-22-36(34)42(38)28-8-2;1-7-24-38-30-18-11-9-16-28(30)35(3,4)32(38)22-20-26-14-13-15-27(34(26)37)21-23-33-36(5,6)29-17-10-12-19-31(29)39(33)25-8-2;1-2-3-4-5;2*1-3-2;;;;/h9-12,19-26,43H,7-8,13-18,27-29H2,1-6H3;9-12,16-23H,7-8,13-15,24-25H2,1-6H3;5H,2-4H2,1H3;2*3H2,1-2H3;2*1H4;2*1H/q2*+1;;;;;;;/p-2. The summed E-state index contributed by atoms with van der Waals surface area (Å²) in [4.78, 5) is 5.05. The first kappa shape index (κ1) is 88.5. The first-order valence-electron chi connectivity index (χ1n) is 36.5. The zero-order valence-electron chi connectivity index (χ0n) is 61.9. The fraction of sp³-hybridized carbons (Fsp3) is 0.523. The van der Waals surface area contributed by atoms with Gasteiger partial charge in [-0.15, -0.1) is 0 Å². The summed E-state index contributed by atoms with van der Waals surface area (Å²) in [5.41, 5.74) is 23.4. The van der Waals surface area contributed by atoms with Gasteiger partial charge in [-0.05, 0) is 168 Å². The highest BCUT2D eigenvalue weighted by atomic mass is 127. The summed E-state index contributed by atoms with van der Waals surface area (Å²) in [6.07, 6.45) is 37.5. The maximum absolute atomic E-state index is 9.60. The average Bonchev–Trinajstić information content (AvgIpc) is 1.63. The van der Waals surface area contributed by atoms with Crippen molar-refractivity contribution in [2.75, 3.05) is 49.2 Å². The number of unbranched alkanes of at least 4 members (excludes halogenated alkanes) is 2. The van der Waals surface area contributed by atoms with Crippen molar-refractivity contribution in [3.05, 3.63) is 212 Å². The average molecular weight is 1570 g/mol. The van der Waals surface area contributed by atoms with E-state index in [0.717, 1.165) is 121 Å². The Morgan fingerprint density at radius 2 is 0.814 bits per heavy atom. The molecule has 4 aromatic carbocycles. The third-order valence-corrected chi connectivity index (χ3v) is 19.7. The second-order valence-corrected chi connectivity index (χ2v) is 28.7. The van der Waals surface area contributed by atoms with Gasteiger partial charge in [-0.3, -0.25) is 0 Å². The van der Waals surface area contributed by atoms with Crippen LogP contribution in [-0.4, -0.2) is 70.2 Å². The Balaban J connectivity index is 0.000000555. The summed E-state index contributed by atoms with van der Waals surface area (Å²) >= 11 is 7.13. The van der Waals surface area contributed by atoms with Gasteiger partial charge < -0.3 is 68.0 Å². The van der Waals surface area contributed by atoms with Crippen LogP contribution in [0.2, 0.25) is 0 Å². The number of halogens is 3. The van der Waals surface area contributed by atoms with E-state index in [9.17, 15) is 5.11 Å². The molecule has 0 radical (unpaired) electrons. The van der Waals surface area contributed by atoms with Gasteiger partial charge in [-0.1, -0.05) is 233 Å². The maximum Gasteiger partial charge on any atom is 0.209 e. The van der Waals surface area contributed by atoms with Crippen molar-refractivity contribution in [2.45, 2.75) is 263 Å². The van der Waals surface area contributed by atoms with Crippen molar-refractivity contribution < 1.29 is 67.3 Å². The first-order valence-corrected chi connectivity index (χ1v) is 36.8. The Bertz CT molecular complexity index is 3450. The van der Waals surface area contributed by atoms with E-state index in [0.29, 0.717) is 6.61 Å². The SMILES string of the molecule is C.C.CCC.CCC.CCCCO.CCCN1/C(=C/C=C2\CCCC(/C=C/C3=[N+](CCC)c4ccccc4C3(C)C)=C2CCCCO)C(C)(C)c2ccccc21.CCCN1/C(=C/C=C2\CCCC(/C=C/C3=[N+](CCC)c4ccccc4C3(C)C)=C2Cl)C(C)(C)c2ccccc21.[I-].[I-]. The summed E-state index contributed by atoms with van der Waals surface area (Å²) in [5, 5.41) is 18.6. The summed E-state index contributed by atoms with van der Waals surface area (Å²) < 4.78 is 5.05. The molecule has 4 aromatic rings. The van der Waals surface area contributed by atoms with Gasteiger partial charge in [0.2, 0.25) is 11.4 Å². The predicted molar refractivity (Wildman–Crippen MR) is 420 cm³/mol. The maximum atomic E-state index is 9.60. The Labute approximate surface area is 632 Å². The van der Waals surface area contributed by atoms with Crippen LogP contribution in [0.15, 0.2) is 190 Å². The first-order chi connectivity index (χ1) is 44.7. The van der Waals surface area contributed by atoms with Gasteiger partial charge in [0.1, 0.15) is 13.1 Å². The van der Waals surface area contributed by atoms with Crippen LogP contribution in [0.1, 0.15) is 264 Å². The third kappa shape index (κ3) is 21.0. The number of fused-ring (bicyclic) bond motifs is 4. The summed E-state index contributed by atoms with van der Waals surface area (Å²) in [7, 11) is 0. The largest absolute Gasteiger partial charge is 1.00 e. The van der Waals surface area contributed by atoms with E-state index in [2.05, 4.69) is 282 Å². The van der Waals surface area contributed by atoms with E-state index in [-0.39, 0.29) is 91.1 Å². The van der Waals surface area contributed by atoms with Crippen LogP contribution in [0.5, 0.6) is 0 Å². The van der Waals surface area contributed by atoms with Gasteiger partial charge in [-0.2, -0.15) is 9.15 Å². The second-order valence-electron chi connectivity index (χ2n) is 28.3. The van der Waals surface area contributed by atoms with Crippen molar-refractivity contribution in [2.24, 2.45) is 0 Å². The normalized spacial score (nSPS) is 19.0. The molecule has 0 saturated heterocycles. The molecule has 0 spiro atoms. The predicted octanol–water partition coefficient (Wildman–Crippen LogP) is 18.3. The van der Waals surface area contributed by atoms with Crippen LogP contribution >= 0.6 is 11.6 Å². The molecule has 0 amide bonds. The summed E-state index contributed by atoms with van der Waals surface area (Å²) in [6, 6.07) is 35.6. The molecule has 6 nitrogen and oxygen atoms in total. The number of allylic oxidation sites excluding steroid dienone is 16. The van der Waals surface area contributed by atoms with Gasteiger partial charge in [0, 0.05) is 113 Å². The summed E-state index contributed by atoms with van der Waals surface area (Å²) in [6.45, 7) is 43.2. The highest BCUT2D eigenvalue weighted by Gasteiger charge is 2.46. The van der Waals surface area contributed by atoms with Crippen LogP contribution in [0.25, 0.3) is 0 Å². The molecule has 9 heteroatoms. The van der Waals surface area contributed by atoms with Crippen LogP contribution in [0.3, 0.4) is 0 Å². The highest BCUT2D eigenvalue weighted by Crippen LogP contribution is 2.50. The van der Waals surface area contributed by atoms with E-state index in [1.165, 1.54) is 115 Å². The lowest BCUT2D eigenvalue weighted by molar-refractivity contribution is -0.437. The lowest BCUT2D eigenvalue weighted by atomic mass is 9.80. The Hall–Kier alpha value is -4.59. The molecule has 0 aromatic heterocycles. The highest BCUT2D eigenvalue weighted by molar-refractivity contribution is 6.32. The fourth-order valence-electron chi connectivity index (χ4n) is 14.6. The zero-order valence-corrected chi connectivity index (χ0v) is 67.0. The molecule has 4 heterocycles. The lowest BCUT2D eigenvalue weighted by Gasteiger charge is -2.27. The van der Waals surface area contributed by atoms with Gasteiger partial charge in [0.25, 0.3) is 0 Å². The van der Waals surface area contributed by atoms with Gasteiger partial charge in [0.15, 0.2) is 11.4 Å². The number of benzene rings is 4. The molecular weight excluding hydrogens is 1430 g/mol.